The van der Waals surface area contributed by atoms with E-state index in [1.165, 1.54) is 34.6 Å². The first-order valence-electron chi connectivity index (χ1n) is 11.1. The fourth-order valence-electron chi connectivity index (χ4n) is 4.51. The lowest BCUT2D eigenvalue weighted by atomic mass is 9.97. The molecule has 0 bridgehead atoms. The molecule has 0 unspecified atom stereocenters. The Balaban J connectivity index is 1.50. The lowest BCUT2D eigenvalue weighted by Gasteiger charge is -2.29. The van der Waals surface area contributed by atoms with Crippen LogP contribution in [-0.2, 0) is 16.0 Å². The van der Waals surface area contributed by atoms with Gasteiger partial charge in [-0.1, -0.05) is 17.7 Å². The summed E-state index contributed by atoms with van der Waals surface area (Å²) in [5, 5.41) is 2.89. The summed E-state index contributed by atoms with van der Waals surface area (Å²) >= 11 is 11.1. The number of benzene rings is 1. The molecule has 1 aromatic carbocycles. The third-order valence-corrected chi connectivity index (χ3v) is 6.79. The van der Waals surface area contributed by atoms with E-state index >= 15 is 0 Å². The van der Waals surface area contributed by atoms with Gasteiger partial charge >= 0.3 is 0 Å². The number of halogens is 1. The van der Waals surface area contributed by atoms with Gasteiger partial charge in [0, 0.05) is 31.2 Å². The van der Waals surface area contributed by atoms with Crippen LogP contribution in [0.15, 0.2) is 35.4 Å². The van der Waals surface area contributed by atoms with E-state index < -0.39 is 5.91 Å². The summed E-state index contributed by atoms with van der Waals surface area (Å²) in [7, 11) is 0. The van der Waals surface area contributed by atoms with Crippen LogP contribution in [-0.4, -0.2) is 47.3 Å². The van der Waals surface area contributed by atoms with Gasteiger partial charge in [0.1, 0.15) is 5.57 Å². The van der Waals surface area contributed by atoms with Crippen LogP contribution in [0.2, 0.25) is 0 Å². The number of carbonyl (C=O) groups is 2. The number of thiocarbonyl (C=S) groups is 1. The van der Waals surface area contributed by atoms with Crippen molar-refractivity contribution in [2.24, 2.45) is 0 Å². The number of hydrogen-bond donors (Lipinski definition) is 1. The Bertz CT molecular complexity index is 956. The Morgan fingerprint density at radius 1 is 1.16 bits per heavy atom. The zero-order valence-electron chi connectivity index (χ0n) is 17.7. The molecule has 31 heavy (non-hydrogen) atoms. The number of rotatable bonds is 7. The Kier molecular flexibility index (Phi) is 7.08. The molecule has 0 spiro atoms. The monoisotopic (exact) mass is 457 g/mol. The zero-order valence-corrected chi connectivity index (χ0v) is 19.2. The molecule has 7 heteroatoms. The van der Waals surface area contributed by atoms with Gasteiger partial charge in [0.2, 0.25) is 0 Å². The molecule has 1 saturated heterocycles. The van der Waals surface area contributed by atoms with E-state index in [1.807, 2.05) is 6.07 Å². The van der Waals surface area contributed by atoms with Crippen molar-refractivity contribution in [1.29, 1.82) is 0 Å². The van der Waals surface area contributed by atoms with E-state index in [9.17, 15) is 9.59 Å². The van der Waals surface area contributed by atoms with Crippen molar-refractivity contribution in [3.63, 3.8) is 0 Å². The van der Waals surface area contributed by atoms with Crippen molar-refractivity contribution in [1.82, 2.24) is 10.2 Å². The highest BCUT2D eigenvalue weighted by molar-refractivity contribution is 7.80. The summed E-state index contributed by atoms with van der Waals surface area (Å²) in [6.07, 6.45) is 11.3. The van der Waals surface area contributed by atoms with Gasteiger partial charge in [-0.2, -0.15) is 0 Å². The molecule has 1 N–H and O–H groups in total. The maximum Gasteiger partial charge on any atom is 0.265 e. The van der Waals surface area contributed by atoms with Crippen molar-refractivity contribution in [3.8, 4) is 0 Å². The number of nitrogens with zero attached hydrogens (tertiary/aromatic N) is 2. The SMILES string of the molecule is O=C1NC(=S)N(CCC2=CCCCC2)C(=O)/C1=C\c1ccc2c(c1)CCN2CCCCl. The van der Waals surface area contributed by atoms with Gasteiger partial charge in [-0.15, -0.1) is 11.6 Å². The van der Waals surface area contributed by atoms with Crippen molar-refractivity contribution < 1.29 is 9.59 Å². The van der Waals surface area contributed by atoms with Crippen LogP contribution < -0.4 is 10.2 Å². The quantitative estimate of drug-likeness (QED) is 0.219. The molecule has 4 rings (SSSR count). The largest absolute Gasteiger partial charge is 0.371 e. The standard InChI is InChI=1S/C24H28ClN3O2S/c25-11-4-12-27-13-10-19-15-18(7-8-21(19)27)16-20-22(29)26-24(31)28(23(20)30)14-9-17-5-2-1-3-6-17/h5,7-8,15-16H,1-4,6,9-14H2,(H,26,29,31)/b20-16-. The van der Waals surface area contributed by atoms with Gasteiger partial charge in [0.15, 0.2) is 5.11 Å². The molecular formula is C24H28ClN3O2S. The molecule has 164 valence electrons. The number of fused-ring (bicyclic) bond motifs is 1. The zero-order chi connectivity index (χ0) is 21.8. The second-order valence-electron chi connectivity index (χ2n) is 8.30. The Morgan fingerprint density at radius 2 is 2.03 bits per heavy atom. The highest BCUT2D eigenvalue weighted by Crippen LogP contribution is 2.30. The number of nitrogens with one attached hydrogen (secondary N) is 1. The number of alkyl halides is 1. The van der Waals surface area contributed by atoms with Crippen molar-refractivity contribution in [2.45, 2.75) is 44.9 Å². The van der Waals surface area contributed by atoms with Crippen LogP contribution in [0.5, 0.6) is 0 Å². The average molecular weight is 458 g/mol. The summed E-state index contributed by atoms with van der Waals surface area (Å²) in [5.41, 5.74) is 4.84. The molecule has 2 amide bonds. The summed E-state index contributed by atoms with van der Waals surface area (Å²) < 4.78 is 0. The van der Waals surface area contributed by atoms with Crippen molar-refractivity contribution >= 4 is 52.5 Å². The van der Waals surface area contributed by atoms with Gasteiger partial charge in [-0.25, -0.2) is 0 Å². The Labute approximate surface area is 194 Å². The fourth-order valence-corrected chi connectivity index (χ4v) is 4.90. The molecule has 0 aromatic heterocycles. The average Bonchev–Trinajstić information content (AvgIpc) is 3.18. The Hall–Kier alpha value is -2.18. The molecule has 1 aromatic rings. The van der Waals surface area contributed by atoms with E-state index in [-0.39, 0.29) is 16.6 Å². The smallest absolute Gasteiger partial charge is 0.265 e. The minimum Gasteiger partial charge on any atom is -0.371 e. The number of hydrogen-bond acceptors (Lipinski definition) is 4. The lowest BCUT2D eigenvalue weighted by Crippen LogP contribution is -2.54. The molecule has 1 fully saturated rings. The van der Waals surface area contributed by atoms with Crippen molar-refractivity contribution in [3.05, 3.63) is 46.5 Å². The van der Waals surface area contributed by atoms with Crippen LogP contribution in [0.25, 0.3) is 6.08 Å². The van der Waals surface area contributed by atoms with Gasteiger partial charge in [0.25, 0.3) is 11.8 Å². The number of allylic oxidation sites excluding steroid dienone is 1. The minimum absolute atomic E-state index is 0.142. The summed E-state index contributed by atoms with van der Waals surface area (Å²) in [5.74, 6) is -0.0788. The van der Waals surface area contributed by atoms with Crippen LogP contribution in [0.3, 0.4) is 0 Å². The minimum atomic E-state index is -0.424. The molecular weight excluding hydrogens is 430 g/mol. The molecule has 1 aliphatic carbocycles. The summed E-state index contributed by atoms with van der Waals surface area (Å²) in [6, 6.07) is 6.12. The van der Waals surface area contributed by atoms with Crippen LogP contribution in [0.1, 0.15) is 49.7 Å². The van der Waals surface area contributed by atoms with E-state index in [2.05, 4.69) is 28.4 Å². The first kappa shape index (κ1) is 22.0. The summed E-state index contributed by atoms with van der Waals surface area (Å²) in [6.45, 7) is 2.42. The van der Waals surface area contributed by atoms with Crippen LogP contribution >= 0.6 is 23.8 Å². The molecule has 5 nitrogen and oxygen atoms in total. The van der Waals surface area contributed by atoms with E-state index in [0.717, 1.165) is 50.8 Å². The summed E-state index contributed by atoms with van der Waals surface area (Å²) in [4.78, 5) is 29.5. The maximum atomic E-state index is 13.1. The third kappa shape index (κ3) is 5.01. The Morgan fingerprint density at radius 3 is 2.81 bits per heavy atom. The molecule has 0 radical (unpaired) electrons. The van der Waals surface area contributed by atoms with E-state index in [0.29, 0.717) is 12.4 Å². The first-order chi connectivity index (χ1) is 15.1. The van der Waals surface area contributed by atoms with Crippen LogP contribution in [0, 0.1) is 0 Å². The number of carbonyl (C=O) groups excluding carboxylic acids is 2. The topological polar surface area (TPSA) is 52.7 Å². The second kappa shape index (κ2) is 9.96. The second-order valence-corrected chi connectivity index (χ2v) is 9.06. The van der Waals surface area contributed by atoms with E-state index in [4.69, 9.17) is 23.8 Å². The highest BCUT2D eigenvalue weighted by atomic mass is 35.5. The normalized spacial score (nSPS) is 20.2. The predicted octanol–water partition coefficient (Wildman–Crippen LogP) is 4.20. The molecule has 3 aliphatic rings. The molecule has 2 aliphatic heterocycles. The predicted molar refractivity (Wildman–Crippen MR) is 129 cm³/mol. The lowest BCUT2D eigenvalue weighted by molar-refractivity contribution is -0.128. The van der Waals surface area contributed by atoms with E-state index in [1.54, 1.807) is 6.08 Å². The van der Waals surface area contributed by atoms with Gasteiger partial charge < -0.3 is 4.90 Å². The molecule has 0 atom stereocenters. The number of anilines is 1. The first-order valence-corrected chi connectivity index (χ1v) is 12.0. The number of amides is 2. The maximum absolute atomic E-state index is 13.1. The van der Waals surface area contributed by atoms with Crippen LogP contribution in [0.4, 0.5) is 5.69 Å². The van der Waals surface area contributed by atoms with Crippen molar-refractivity contribution in [2.75, 3.05) is 30.4 Å². The van der Waals surface area contributed by atoms with Gasteiger partial charge in [-0.05, 0) is 86.5 Å². The third-order valence-electron chi connectivity index (χ3n) is 6.20. The molecule has 0 saturated carbocycles. The molecule has 2 heterocycles. The highest BCUT2D eigenvalue weighted by Gasteiger charge is 2.33. The van der Waals surface area contributed by atoms with Gasteiger partial charge in [0.05, 0.1) is 0 Å². The van der Waals surface area contributed by atoms with Gasteiger partial charge in [-0.3, -0.25) is 19.8 Å². The fraction of sp³-hybridized carbons (Fsp3) is 0.458.